The number of carbonyl (C=O) groups is 2. The molecular weight excluding hydrogens is 144 g/mol. The molecule has 0 rings (SSSR count). The van der Waals surface area contributed by atoms with Crippen LogP contribution in [0.15, 0.2) is 0 Å². The molecule has 0 aliphatic carbocycles. The summed E-state index contributed by atoms with van der Waals surface area (Å²) in [6, 6.07) is 0. The summed E-state index contributed by atoms with van der Waals surface area (Å²) in [5.74, 6) is 11.0. The number of hydrogen-bond donors (Lipinski definition) is 1. The zero-order valence-electron chi connectivity index (χ0n) is 5.34. The van der Waals surface area contributed by atoms with Crippen LogP contribution in [0.5, 0.6) is 0 Å². The Morgan fingerprint density at radius 1 is 1.18 bits per heavy atom. The molecule has 52 valence electrons. The molecule has 0 aliphatic rings. The van der Waals surface area contributed by atoms with Crippen molar-refractivity contribution < 1.29 is 14.7 Å². The van der Waals surface area contributed by atoms with Gasteiger partial charge in [-0.15, -0.1) is 0 Å². The minimum atomic E-state index is -1.25. The average molecular weight is 146 g/mol. The molecule has 0 saturated heterocycles. The molecule has 0 unspecified atom stereocenters. The van der Waals surface area contributed by atoms with E-state index in [9.17, 15) is 9.59 Å². The Morgan fingerprint density at radius 3 is 2.36 bits per heavy atom. The van der Waals surface area contributed by atoms with Crippen molar-refractivity contribution in [3.63, 3.8) is 0 Å². The maximum absolute atomic E-state index is 9.75. The van der Waals surface area contributed by atoms with E-state index < -0.39 is 5.97 Å². The lowest BCUT2D eigenvalue weighted by Crippen LogP contribution is -1.85. The van der Waals surface area contributed by atoms with E-state index in [4.69, 9.17) is 5.11 Å². The average Bonchev–Trinajstić information content (AvgIpc) is 1.96. The normalized spacial score (nSPS) is 5.09. The van der Waals surface area contributed by atoms with Crippen molar-refractivity contribution in [3.8, 4) is 35.5 Å². The molecule has 0 aromatic rings. The van der Waals surface area contributed by atoms with Crippen LogP contribution in [-0.2, 0) is 9.59 Å². The number of rotatable bonds is 0. The minimum Gasteiger partial charge on any atom is -0.472 e. The molecule has 0 saturated carbocycles. The molecule has 0 fully saturated rings. The van der Waals surface area contributed by atoms with Gasteiger partial charge in [-0.3, -0.25) is 4.79 Å². The zero-order chi connectivity index (χ0) is 8.53. The highest BCUT2D eigenvalue weighted by Gasteiger charge is 1.78. The molecule has 0 radical (unpaired) electrons. The Morgan fingerprint density at radius 2 is 1.82 bits per heavy atom. The van der Waals surface area contributed by atoms with Crippen molar-refractivity contribution in [1.29, 1.82) is 0 Å². The molecule has 0 aromatic carbocycles. The van der Waals surface area contributed by atoms with Gasteiger partial charge in [0, 0.05) is 5.92 Å². The molecule has 0 aliphatic heterocycles. The standard InChI is InChI=1S/C8H2O3/c9-7-5-3-1-2-4-6-8(10)11/h7H,(H,10,11). The highest BCUT2D eigenvalue weighted by atomic mass is 16.4. The monoisotopic (exact) mass is 146 g/mol. The van der Waals surface area contributed by atoms with Crippen molar-refractivity contribution in [2.75, 3.05) is 0 Å². The molecule has 0 bridgehead atoms. The Hall–Kier alpha value is -2.18. The van der Waals surface area contributed by atoms with Gasteiger partial charge in [0.2, 0.25) is 0 Å². The second-order valence-electron chi connectivity index (χ2n) is 1.19. The first kappa shape index (κ1) is 8.82. The maximum atomic E-state index is 9.75. The third-order valence-corrected chi connectivity index (χ3v) is 0.488. The molecule has 3 nitrogen and oxygen atoms in total. The largest absolute Gasteiger partial charge is 0.472 e. The molecule has 0 spiro atoms. The highest BCUT2D eigenvalue weighted by molar-refractivity contribution is 5.87. The third kappa shape index (κ3) is 7.82. The smallest absolute Gasteiger partial charge is 0.382 e. The predicted molar refractivity (Wildman–Crippen MR) is 37.0 cm³/mol. The topological polar surface area (TPSA) is 54.4 Å². The summed E-state index contributed by atoms with van der Waals surface area (Å²) in [4.78, 5) is 19.3. The van der Waals surface area contributed by atoms with E-state index in [-0.39, 0.29) is 0 Å². The Bertz CT molecular complexity index is 333. The zero-order valence-corrected chi connectivity index (χ0v) is 5.34. The molecule has 1 N–H and O–H groups in total. The Balaban J connectivity index is 4.04. The van der Waals surface area contributed by atoms with E-state index in [1.54, 1.807) is 5.92 Å². The van der Waals surface area contributed by atoms with Gasteiger partial charge in [-0.2, -0.15) is 0 Å². The van der Waals surface area contributed by atoms with Gasteiger partial charge >= 0.3 is 5.97 Å². The van der Waals surface area contributed by atoms with Crippen LogP contribution in [0.1, 0.15) is 0 Å². The fraction of sp³-hybridized carbons (Fsp3) is 0. The number of carboxylic acids is 1. The quantitative estimate of drug-likeness (QED) is 0.362. The summed E-state index contributed by atoms with van der Waals surface area (Å²) in [5, 5.41) is 7.98. The number of carbonyl (C=O) groups excluding carboxylic acids is 1. The van der Waals surface area contributed by atoms with Crippen molar-refractivity contribution in [2.24, 2.45) is 0 Å². The van der Waals surface area contributed by atoms with Crippen LogP contribution in [0, 0.1) is 35.5 Å². The number of aliphatic carboxylic acids is 1. The van der Waals surface area contributed by atoms with Crippen LogP contribution < -0.4 is 0 Å². The van der Waals surface area contributed by atoms with Crippen molar-refractivity contribution in [1.82, 2.24) is 0 Å². The Labute approximate surface area is 63.4 Å². The van der Waals surface area contributed by atoms with Crippen LogP contribution >= 0.6 is 0 Å². The fourth-order valence-corrected chi connectivity index (χ4v) is 0.213. The molecule has 0 aromatic heterocycles. The second kappa shape index (κ2) is 5.95. The van der Waals surface area contributed by atoms with E-state index in [1.165, 1.54) is 0 Å². The molecule has 0 amide bonds. The molecule has 11 heavy (non-hydrogen) atoms. The first-order valence-corrected chi connectivity index (χ1v) is 2.45. The minimum absolute atomic E-state index is 0.388. The highest BCUT2D eigenvalue weighted by Crippen LogP contribution is 1.56. The van der Waals surface area contributed by atoms with E-state index in [0.29, 0.717) is 6.29 Å². The van der Waals surface area contributed by atoms with Gasteiger partial charge in [-0.25, -0.2) is 4.79 Å². The van der Waals surface area contributed by atoms with E-state index in [2.05, 4.69) is 17.8 Å². The molecule has 3 heteroatoms. The van der Waals surface area contributed by atoms with Gasteiger partial charge in [0.05, 0.1) is 0 Å². The van der Waals surface area contributed by atoms with Gasteiger partial charge in [0.1, 0.15) is 0 Å². The van der Waals surface area contributed by atoms with Crippen LogP contribution in [0.4, 0.5) is 0 Å². The summed E-state index contributed by atoms with van der Waals surface area (Å²) in [6.07, 6.45) is 0.388. The van der Waals surface area contributed by atoms with Crippen LogP contribution in [0.3, 0.4) is 0 Å². The lowest BCUT2D eigenvalue weighted by molar-refractivity contribution is -0.130. The van der Waals surface area contributed by atoms with Gasteiger partial charge in [0.25, 0.3) is 0 Å². The van der Waals surface area contributed by atoms with E-state index in [0.717, 1.165) is 0 Å². The van der Waals surface area contributed by atoms with E-state index >= 15 is 0 Å². The van der Waals surface area contributed by atoms with Crippen LogP contribution in [0.2, 0.25) is 0 Å². The van der Waals surface area contributed by atoms with Gasteiger partial charge in [0.15, 0.2) is 6.29 Å². The first-order valence-electron chi connectivity index (χ1n) is 2.45. The summed E-state index contributed by atoms with van der Waals surface area (Å²) in [5.41, 5.74) is 0. The lowest BCUT2D eigenvalue weighted by atomic mass is 10.5. The Kier molecular flexibility index (Phi) is 4.77. The third-order valence-electron chi connectivity index (χ3n) is 0.488. The van der Waals surface area contributed by atoms with Gasteiger partial charge in [-0.05, 0) is 29.6 Å². The number of carboxylic acid groups (broad SMARTS) is 1. The maximum Gasteiger partial charge on any atom is 0.382 e. The fourth-order valence-electron chi connectivity index (χ4n) is 0.213. The van der Waals surface area contributed by atoms with Gasteiger partial charge in [-0.1, -0.05) is 0 Å². The SMILES string of the molecule is O=CC#CC#CC#CC(=O)O. The predicted octanol–water partition coefficient (Wildman–Crippen LogP) is -0.720. The van der Waals surface area contributed by atoms with Crippen molar-refractivity contribution in [2.45, 2.75) is 0 Å². The second-order valence-corrected chi connectivity index (χ2v) is 1.19. The first-order chi connectivity index (χ1) is 5.27. The van der Waals surface area contributed by atoms with Crippen LogP contribution in [0.25, 0.3) is 0 Å². The summed E-state index contributed by atoms with van der Waals surface area (Å²) >= 11 is 0. The summed E-state index contributed by atoms with van der Waals surface area (Å²) in [7, 11) is 0. The number of aldehydes is 1. The summed E-state index contributed by atoms with van der Waals surface area (Å²) in [6.45, 7) is 0. The van der Waals surface area contributed by atoms with E-state index in [1.807, 2.05) is 11.8 Å². The molecule has 0 heterocycles. The van der Waals surface area contributed by atoms with Crippen molar-refractivity contribution >= 4 is 12.3 Å². The summed E-state index contributed by atoms with van der Waals surface area (Å²) < 4.78 is 0. The molecule has 0 atom stereocenters. The van der Waals surface area contributed by atoms with Crippen LogP contribution in [-0.4, -0.2) is 17.4 Å². The molecular formula is C8H2O3. The number of hydrogen-bond acceptors (Lipinski definition) is 2. The van der Waals surface area contributed by atoms with Gasteiger partial charge < -0.3 is 5.11 Å². The lowest BCUT2D eigenvalue weighted by Gasteiger charge is -1.63. The van der Waals surface area contributed by atoms with Crippen molar-refractivity contribution in [3.05, 3.63) is 0 Å².